The van der Waals surface area contributed by atoms with Crippen LogP contribution in [0.25, 0.3) is 0 Å². The lowest BCUT2D eigenvalue weighted by Crippen LogP contribution is -2.12. The van der Waals surface area contributed by atoms with Gasteiger partial charge in [-0.25, -0.2) is 9.78 Å². The zero-order valence-electron chi connectivity index (χ0n) is 13.9. The summed E-state index contributed by atoms with van der Waals surface area (Å²) in [6, 6.07) is 7.75. The fourth-order valence-corrected chi connectivity index (χ4v) is 2.95. The Bertz CT molecular complexity index is 727. The average Bonchev–Trinajstić information content (AvgIpc) is 2.92. The van der Waals surface area contributed by atoms with Crippen LogP contribution in [0.3, 0.4) is 0 Å². The van der Waals surface area contributed by atoms with E-state index in [1.165, 1.54) is 7.11 Å². The number of aryl methyl sites for hydroxylation is 2. The summed E-state index contributed by atoms with van der Waals surface area (Å²) >= 11 is 1.11. The first-order valence-corrected chi connectivity index (χ1v) is 8.37. The number of amides is 1. The molecule has 0 fully saturated rings. The molecule has 1 aromatic carbocycles. The zero-order chi connectivity index (χ0) is 17.5. The van der Waals surface area contributed by atoms with Crippen LogP contribution in [-0.4, -0.2) is 30.6 Å². The topological polar surface area (TPSA) is 77.5 Å². The summed E-state index contributed by atoms with van der Waals surface area (Å²) in [5, 5.41) is 3.10. The number of hydrogen-bond donors (Lipinski definition) is 1. The van der Waals surface area contributed by atoms with E-state index in [1.807, 2.05) is 31.2 Å². The number of hydrogen-bond acceptors (Lipinski definition) is 6. The Balaban J connectivity index is 1.77. The molecule has 0 saturated heterocycles. The lowest BCUT2D eigenvalue weighted by Gasteiger charge is -2.08. The fourth-order valence-electron chi connectivity index (χ4n) is 2.05. The standard InChI is InChI=1S/C17H20N2O4S/c1-11-7-4-5-8-13(11)23-10-6-9-14(20)19-17-18-12(2)15(24-17)16(21)22-3/h4-5,7-8H,6,9-10H2,1-3H3,(H,18,19,20). The maximum Gasteiger partial charge on any atom is 0.350 e. The lowest BCUT2D eigenvalue weighted by molar-refractivity contribution is -0.116. The maximum absolute atomic E-state index is 11.9. The first-order chi connectivity index (χ1) is 11.5. The Kier molecular flexibility index (Phi) is 6.31. The van der Waals surface area contributed by atoms with Crippen molar-refractivity contribution in [2.75, 3.05) is 19.0 Å². The highest BCUT2D eigenvalue weighted by Crippen LogP contribution is 2.23. The van der Waals surface area contributed by atoms with Crippen LogP contribution in [0.15, 0.2) is 24.3 Å². The average molecular weight is 348 g/mol. The molecule has 0 aliphatic heterocycles. The SMILES string of the molecule is COC(=O)c1sc(NC(=O)CCCOc2ccccc2C)nc1C. The van der Waals surface area contributed by atoms with Crippen LogP contribution >= 0.6 is 11.3 Å². The molecule has 0 spiro atoms. The molecule has 1 N–H and O–H groups in total. The highest BCUT2D eigenvalue weighted by Gasteiger charge is 2.16. The van der Waals surface area contributed by atoms with Gasteiger partial charge in [0.15, 0.2) is 5.13 Å². The monoisotopic (exact) mass is 348 g/mol. The third-order valence-corrected chi connectivity index (χ3v) is 4.37. The molecule has 0 saturated carbocycles. The number of thiazole rings is 1. The Morgan fingerprint density at radius 3 is 2.71 bits per heavy atom. The van der Waals surface area contributed by atoms with Gasteiger partial charge in [-0.2, -0.15) is 0 Å². The number of carbonyl (C=O) groups excluding carboxylic acids is 2. The summed E-state index contributed by atoms with van der Waals surface area (Å²) in [4.78, 5) is 28.0. The third-order valence-electron chi connectivity index (χ3n) is 3.31. The lowest BCUT2D eigenvalue weighted by atomic mass is 10.2. The van der Waals surface area contributed by atoms with Gasteiger partial charge in [-0.05, 0) is 31.9 Å². The molecule has 1 aromatic heterocycles. The highest BCUT2D eigenvalue weighted by molar-refractivity contribution is 7.17. The van der Waals surface area contributed by atoms with Crippen molar-refractivity contribution in [2.45, 2.75) is 26.7 Å². The molecule has 2 rings (SSSR count). The van der Waals surface area contributed by atoms with Crippen LogP contribution < -0.4 is 10.1 Å². The smallest absolute Gasteiger partial charge is 0.350 e. The van der Waals surface area contributed by atoms with E-state index in [0.29, 0.717) is 35.2 Å². The summed E-state index contributed by atoms with van der Waals surface area (Å²) in [6.45, 7) is 4.14. The van der Waals surface area contributed by atoms with Crippen LogP contribution in [0.2, 0.25) is 0 Å². The molecular weight excluding hydrogens is 328 g/mol. The molecule has 0 unspecified atom stereocenters. The predicted octanol–water partition coefficient (Wildman–Crippen LogP) is 3.34. The minimum Gasteiger partial charge on any atom is -0.493 e. The molecule has 1 heterocycles. The van der Waals surface area contributed by atoms with E-state index in [2.05, 4.69) is 15.0 Å². The van der Waals surface area contributed by atoms with E-state index < -0.39 is 5.97 Å². The Morgan fingerprint density at radius 2 is 2.00 bits per heavy atom. The van der Waals surface area contributed by atoms with Gasteiger partial charge in [-0.3, -0.25) is 4.79 Å². The van der Waals surface area contributed by atoms with Crippen LogP contribution in [0, 0.1) is 13.8 Å². The van der Waals surface area contributed by atoms with Crippen LogP contribution in [0.1, 0.15) is 33.8 Å². The Morgan fingerprint density at radius 1 is 1.25 bits per heavy atom. The number of para-hydroxylation sites is 1. The number of benzene rings is 1. The summed E-state index contributed by atoms with van der Waals surface area (Å²) in [5.41, 5.74) is 1.61. The number of ether oxygens (including phenoxy) is 2. The van der Waals surface area contributed by atoms with Crippen molar-refractivity contribution >= 4 is 28.3 Å². The third kappa shape index (κ3) is 4.79. The van der Waals surface area contributed by atoms with Gasteiger partial charge in [0, 0.05) is 6.42 Å². The van der Waals surface area contributed by atoms with Gasteiger partial charge in [0.1, 0.15) is 10.6 Å². The number of esters is 1. The zero-order valence-corrected chi connectivity index (χ0v) is 14.7. The van der Waals surface area contributed by atoms with Crippen LogP contribution in [-0.2, 0) is 9.53 Å². The van der Waals surface area contributed by atoms with E-state index in [1.54, 1.807) is 6.92 Å². The second kappa shape index (κ2) is 8.44. The van der Waals surface area contributed by atoms with E-state index in [-0.39, 0.29) is 5.91 Å². The molecule has 6 nitrogen and oxygen atoms in total. The van der Waals surface area contributed by atoms with Gasteiger partial charge in [0.05, 0.1) is 19.4 Å². The maximum atomic E-state index is 11.9. The van der Waals surface area contributed by atoms with Gasteiger partial charge in [-0.1, -0.05) is 29.5 Å². The molecular formula is C17H20N2O4S. The molecule has 128 valence electrons. The molecule has 0 bridgehead atoms. The highest BCUT2D eigenvalue weighted by atomic mass is 32.1. The molecule has 0 atom stereocenters. The van der Waals surface area contributed by atoms with Gasteiger partial charge < -0.3 is 14.8 Å². The molecule has 7 heteroatoms. The number of aromatic nitrogens is 1. The largest absolute Gasteiger partial charge is 0.493 e. The van der Waals surface area contributed by atoms with Crippen molar-refractivity contribution in [2.24, 2.45) is 0 Å². The number of anilines is 1. The summed E-state index contributed by atoms with van der Waals surface area (Å²) in [6.07, 6.45) is 0.909. The van der Waals surface area contributed by atoms with E-state index in [0.717, 1.165) is 22.6 Å². The predicted molar refractivity (Wildman–Crippen MR) is 92.7 cm³/mol. The molecule has 0 radical (unpaired) electrons. The number of nitrogens with one attached hydrogen (secondary N) is 1. The minimum absolute atomic E-state index is 0.159. The molecule has 2 aromatic rings. The van der Waals surface area contributed by atoms with Crippen LogP contribution in [0.5, 0.6) is 5.75 Å². The minimum atomic E-state index is -0.447. The molecule has 1 amide bonds. The van der Waals surface area contributed by atoms with E-state index >= 15 is 0 Å². The van der Waals surface area contributed by atoms with Gasteiger partial charge in [0.25, 0.3) is 0 Å². The van der Waals surface area contributed by atoms with Gasteiger partial charge in [0.2, 0.25) is 5.91 Å². The summed E-state index contributed by atoms with van der Waals surface area (Å²) in [5.74, 6) is 0.224. The van der Waals surface area contributed by atoms with E-state index in [4.69, 9.17) is 4.74 Å². The second-order valence-corrected chi connectivity index (χ2v) is 6.19. The fraction of sp³-hybridized carbons (Fsp3) is 0.353. The van der Waals surface area contributed by atoms with Crippen molar-refractivity contribution in [1.82, 2.24) is 4.98 Å². The Labute approximate surface area is 144 Å². The van der Waals surface area contributed by atoms with Gasteiger partial charge >= 0.3 is 5.97 Å². The molecule has 0 aliphatic carbocycles. The molecule has 0 aliphatic rings. The second-order valence-electron chi connectivity index (χ2n) is 5.19. The normalized spacial score (nSPS) is 10.3. The van der Waals surface area contributed by atoms with Gasteiger partial charge in [-0.15, -0.1) is 0 Å². The number of methoxy groups -OCH3 is 1. The number of rotatable bonds is 7. The van der Waals surface area contributed by atoms with Crippen molar-refractivity contribution in [3.8, 4) is 5.75 Å². The quantitative estimate of drug-likeness (QED) is 0.613. The van der Waals surface area contributed by atoms with E-state index in [9.17, 15) is 9.59 Å². The summed E-state index contributed by atoms with van der Waals surface area (Å²) < 4.78 is 10.3. The number of nitrogens with zero attached hydrogens (tertiary/aromatic N) is 1. The Hall–Kier alpha value is -2.41. The number of carbonyl (C=O) groups is 2. The van der Waals surface area contributed by atoms with Crippen molar-refractivity contribution in [3.63, 3.8) is 0 Å². The first-order valence-electron chi connectivity index (χ1n) is 7.55. The molecule has 24 heavy (non-hydrogen) atoms. The summed E-state index contributed by atoms with van der Waals surface area (Å²) in [7, 11) is 1.31. The first kappa shape index (κ1) is 17.9. The van der Waals surface area contributed by atoms with Crippen molar-refractivity contribution < 1.29 is 19.1 Å². The van der Waals surface area contributed by atoms with Crippen molar-refractivity contribution in [1.29, 1.82) is 0 Å². The van der Waals surface area contributed by atoms with Crippen molar-refractivity contribution in [3.05, 3.63) is 40.4 Å². The van der Waals surface area contributed by atoms with Crippen LogP contribution in [0.4, 0.5) is 5.13 Å².